The van der Waals surface area contributed by atoms with E-state index in [1.807, 2.05) is 39.0 Å². The second-order valence-electron chi connectivity index (χ2n) is 9.57. The lowest BCUT2D eigenvalue weighted by atomic mass is 9.89. The molecular weight excluding hydrogens is 414 g/mol. The first-order valence-electron chi connectivity index (χ1n) is 11.0. The van der Waals surface area contributed by atoms with Gasteiger partial charge in [0.2, 0.25) is 11.8 Å². The van der Waals surface area contributed by atoms with E-state index in [9.17, 15) is 19.2 Å². The van der Waals surface area contributed by atoms with E-state index < -0.39 is 23.3 Å². The Morgan fingerprint density at radius 3 is 2.53 bits per heavy atom. The lowest BCUT2D eigenvalue weighted by Gasteiger charge is -2.32. The third-order valence-corrected chi connectivity index (χ3v) is 5.99. The van der Waals surface area contributed by atoms with E-state index in [-0.39, 0.29) is 31.3 Å². The molecule has 1 aromatic heterocycles. The number of benzene rings is 1. The van der Waals surface area contributed by atoms with Crippen molar-refractivity contribution in [2.24, 2.45) is 0 Å². The van der Waals surface area contributed by atoms with Crippen molar-refractivity contribution in [2.75, 3.05) is 19.6 Å². The van der Waals surface area contributed by atoms with Gasteiger partial charge in [0.05, 0.1) is 12.1 Å². The topological polar surface area (TPSA) is 111 Å². The van der Waals surface area contributed by atoms with Crippen molar-refractivity contribution >= 4 is 28.9 Å². The average molecular weight is 444 g/mol. The standard InChI is InChI=1S/C23H29N3O6/c1-23(2,3)32-20(28)13-25-10-8-14(9-11-25)15-4-5-16-18(12-15)31-22(30)26(16)17-6-7-19(27)24-21(17)29/h4-5,12,14,17H,6-11,13H2,1-3H3,(H,24,27,29). The minimum Gasteiger partial charge on any atom is -0.459 e. The third-order valence-electron chi connectivity index (χ3n) is 5.99. The number of rotatable bonds is 4. The Balaban J connectivity index is 1.44. The number of nitrogens with one attached hydrogen (secondary N) is 1. The van der Waals surface area contributed by atoms with Crippen LogP contribution in [0.5, 0.6) is 0 Å². The molecule has 2 amide bonds. The molecule has 9 nitrogen and oxygen atoms in total. The minimum atomic E-state index is -0.747. The number of carbonyl (C=O) groups excluding carboxylic acids is 3. The summed E-state index contributed by atoms with van der Waals surface area (Å²) in [6.07, 6.45) is 2.23. The second-order valence-corrected chi connectivity index (χ2v) is 9.57. The Labute approximate surface area is 185 Å². The number of nitrogens with zero attached hydrogens (tertiary/aromatic N) is 2. The second kappa shape index (κ2) is 8.54. The number of amides is 2. The number of likely N-dealkylation sites (tertiary alicyclic amines) is 1. The summed E-state index contributed by atoms with van der Waals surface area (Å²) in [5.41, 5.74) is 1.57. The summed E-state index contributed by atoms with van der Waals surface area (Å²) < 4.78 is 12.2. The Hall–Kier alpha value is -2.94. The smallest absolute Gasteiger partial charge is 0.420 e. The van der Waals surface area contributed by atoms with E-state index in [0.717, 1.165) is 31.5 Å². The number of fused-ring (bicyclic) bond motifs is 1. The molecule has 4 rings (SSSR count). The monoisotopic (exact) mass is 443 g/mol. The number of imide groups is 1. The predicted molar refractivity (Wildman–Crippen MR) is 116 cm³/mol. The van der Waals surface area contributed by atoms with Crippen LogP contribution in [0, 0.1) is 0 Å². The van der Waals surface area contributed by atoms with Gasteiger partial charge < -0.3 is 9.15 Å². The number of esters is 1. The highest BCUT2D eigenvalue weighted by Crippen LogP contribution is 2.31. The molecule has 0 spiro atoms. The van der Waals surface area contributed by atoms with Crippen LogP contribution in [0.15, 0.2) is 27.4 Å². The van der Waals surface area contributed by atoms with Crippen molar-refractivity contribution < 1.29 is 23.5 Å². The molecule has 3 heterocycles. The Morgan fingerprint density at radius 2 is 1.88 bits per heavy atom. The average Bonchev–Trinajstić information content (AvgIpc) is 3.02. The van der Waals surface area contributed by atoms with Gasteiger partial charge in [-0.1, -0.05) is 6.07 Å². The SMILES string of the molecule is CC(C)(C)OC(=O)CN1CCC(c2ccc3c(c2)oc(=O)n3C2CCC(=O)NC2=O)CC1. The van der Waals surface area contributed by atoms with Crippen molar-refractivity contribution in [3.8, 4) is 0 Å². The van der Waals surface area contributed by atoms with Gasteiger partial charge in [0.15, 0.2) is 5.58 Å². The fourth-order valence-electron chi connectivity index (χ4n) is 4.51. The van der Waals surface area contributed by atoms with Crippen LogP contribution >= 0.6 is 0 Å². The van der Waals surface area contributed by atoms with Crippen LogP contribution in [0.25, 0.3) is 11.1 Å². The van der Waals surface area contributed by atoms with Crippen molar-refractivity contribution in [1.29, 1.82) is 0 Å². The van der Waals surface area contributed by atoms with Gasteiger partial charge in [-0.05, 0) is 76.7 Å². The van der Waals surface area contributed by atoms with Gasteiger partial charge in [-0.25, -0.2) is 4.79 Å². The zero-order chi connectivity index (χ0) is 23.0. The van der Waals surface area contributed by atoms with Gasteiger partial charge in [-0.15, -0.1) is 0 Å². The molecule has 2 aliphatic rings. The maximum absolute atomic E-state index is 12.5. The summed E-state index contributed by atoms with van der Waals surface area (Å²) in [5, 5.41) is 2.29. The molecule has 1 atom stereocenters. The summed E-state index contributed by atoms with van der Waals surface area (Å²) in [6.45, 7) is 7.43. The van der Waals surface area contributed by atoms with E-state index in [4.69, 9.17) is 9.15 Å². The highest BCUT2D eigenvalue weighted by molar-refractivity contribution is 6.00. The molecule has 2 saturated heterocycles. The molecule has 0 aliphatic carbocycles. The van der Waals surface area contributed by atoms with E-state index in [1.54, 1.807) is 0 Å². The predicted octanol–water partition coefficient (Wildman–Crippen LogP) is 2.09. The summed E-state index contributed by atoms with van der Waals surface area (Å²) in [4.78, 5) is 50.3. The number of oxazole rings is 1. The molecule has 2 aromatic rings. The van der Waals surface area contributed by atoms with Crippen molar-refractivity contribution in [2.45, 2.75) is 64.0 Å². The quantitative estimate of drug-likeness (QED) is 0.569. The minimum absolute atomic E-state index is 0.190. The van der Waals surface area contributed by atoms with Crippen LogP contribution < -0.4 is 11.1 Å². The fourth-order valence-corrected chi connectivity index (χ4v) is 4.51. The molecule has 0 radical (unpaired) electrons. The van der Waals surface area contributed by atoms with E-state index >= 15 is 0 Å². The Kier molecular flexibility index (Phi) is 5.94. The lowest BCUT2D eigenvalue weighted by molar-refractivity contribution is -0.156. The molecule has 1 N–H and O–H groups in total. The Morgan fingerprint density at radius 1 is 1.16 bits per heavy atom. The highest BCUT2D eigenvalue weighted by Gasteiger charge is 2.32. The maximum atomic E-state index is 12.5. The van der Waals surface area contributed by atoms with Gasteiger partial charge in [0, 0.05) is 6.42 Å². The van der Waals surface area contributed by atoms with E-state index in [1.165, 1.54) is 4.57 Å². The lowest BCUT2D eigenvalue weighted by Crippen LogP contribution is -2.43. The van der Waals surface area contributed by atoms with E-state index in [2.05, 4.69) is 10.2 Å². The van der Waals surface area contributed by atoms with Gasteiger partial charge in [-0.2, -0.15) is 0 Å². The number of ether oxygens (including phenoxy) is 1. The van der Waals surface area contributed by atoms with Gasteiger partial charge in [0.1, 0.15) is 11.6 Å². The molecular formula is C23H29N3O6. The summed E-state index contributed by atoms with van der Waals surface area (Å²) in [6, 6.07) is 4.90. The summed E-state index contributed by atoms with van der Waals surface area (Å²) in [7, 11) is 0. The highest BCUT2D eigenvalue weighted by atomic mass is 16.6. The van der Waals surface area contributed by atoms with Gasteiger partial charge >= 0.3 is 11.7 Å². The molecule has 1 aromatic carbocycles. The number of hydrogen-bond donors (Lipinski definition) is 1. The van der Waals surface area contributed by atoms with Crippen molar-refractivity contribution in [3.63, 3.8) is 0 Å². The number of hydrogen-bond acceptors (Lipinski definition) is 7. The zero-order valence-electron chi connectivity index (χ0n) is 18.7. The molecule has 9 heteroatoms. The fraction of sp³-hybridized carbons (Fsp3) is 0.565. The summed E-state index contributed by atoms with van der Waals surface area (Å²) in [5.74, 6) is -1.33. The first kappa shape index (κ1) is 22.3. The number of aromatic nitrogens is 1. The number of carbonyl (C=O) groups is 3. The van der Waals surface area contributed by atoms with Crippen LogP contribution in [0.1, 0.15) is 64.0 Å². The molecule has 0 saturated carbocycles. The van der Waals surface area contributed by atoms with Crippen LogP contribution in [0.4, 0.5) is 0 Å². The maximum Gasteiger partial charge on any atom is 0.420 e. The third kappa shape index (κ3) is 4.77. The van der Waals surface area contributed by atoms with Gasteiger partial charge in [-0.3, -0.25) is 29.2 Å². The van der Waals surface area contributed by atoms with Gasteiger partial charge in [0.25, 0.3) is 0 Å². The first-order valence-corrected chi connectivity index (χ1v) is 11.0. The van der Waals surface area contributed by atoms with Crippen molar-refractivity contribution in [1.82, 2.24) is 14.8 Å². The van der Waals surface area contributed by atoms with Crippen LogP contribution in [0.3, 0.4) is 0 Å². The molecule has 2 fully saturated rings. The van der Waals surface area contributed by atoms with Crippen LogP contribution in [-0.2, 0) is 19.1 Å². The molecule has 0 bridgehead atoms. The molecule has 32 heavy (non-hydrogen) atoms. The molecule has 172 valence electrons. The van der Waals surface area contributed by atoms with Crippen molar-refractivity contribution in [3.05, 3.63) is 34.3 Å². The molecule has 1 unspecified atom stereocenters. The van der Waals surface area contributed by atoms with E-state index in [0.29, 0.717) is 17.0 Å². The first-order chi connectivity index (χ1) is 15.1. The zero-order valence-corrected chi connectivity index (χ0v) is 18.7. The normalized spacial score (nSPS) is 21.0. The summed E-state index contributed by atoms with van der Waals surface area (Å²) >= 11 is 0. The number of piperidine rings is 2. The van der Waals surface area contributed by atoms with Crippen LogP contribution in [-0.4, -0.2) is 52.5 Å². The largest absolute Gasteiger partial charge is 0.459 e. The Bertz CT molecular complexity index is 1100. The van der Waals surface area contributed by atoms with Crippen LogP contribution in [0.2, 0.25) is 0 Å². The molecule has 2 aliphatic heterocycles.